The number of hydrogen-bond acceptors (Lipinski definition) is 6. The van der Waals surface area contributed by atoms with Crippen LogP contribution in [0.25, 0.3) is 11.1 Å². The molecule has 41 heavy (non-hydrogen) atoms. The van der Waals surface area contributed by atoms with Gasteiger partial charge in [0.05, 0.1) is 23.8 Å². The Balaban J connectivity index is 1.44. The van der Waals surface area contributed by atoms with Gasteiger partial charge in [-0.2, -0.15) is 0 Å². The maximum absolute atomic E-state index is 12.7. The Morgan fingerprint density at radius 1 is 0.634 bits per heavy atom. The van der Waals surface area contributed by atoms with Crippen molar-refractivity contribution in [1.82, 2.24) is 0 Å². The molecular formula is C35H44O6. The molecule has 0 bridgehead atoms. The van der Waals surface area contributed by atoms with Crippen LogP contribution in [0.3, 0.4) is 0 Å². The molecule has 0 saturated heterocycles. The van der Waals surface area contributed by atoms with Crippen molar-refractivity contribution >= 4 is 11.9 Å². The molecule has 0 spiro atoms. The molecule has 3 aromatic carbocycles. The van der Waals surface area contributed by atoms with Crippen molar-refractivity contribution in [2.24, 2.45) is 0 Å². The van der Waals surface area contributed by atoms with E-state index in [1.165, 1.54) is 32.1 Å². The first kappa shape index (κ1) is 31.9. The van der Waals surface area contributed by atoms with Gasteiger partial charge in [0.1, 0.15) is 11.5 Å². The van der Waals surface area contributed by atoms with Gasteiger partial charge in [0.25, 0.3) is 0 Å². The average molecular weight is 561 g/mol. The smallest absolute Gasteiger partial charge is 0.343 e. The third-order valence-electron chi connectivity index (χ3n) is 6.79. The fourth-order valence-electron chi connectivity index (χ4n) is 4.37. The summed E-state index contributed by atoms with van der Waals surface area (Å²) in [4.78, 5) is 25.1. The van der Waals surface area contributed by atoms with E-state index in [-0.39, 0.29) is 6.10 Å². The number of unbranched alkanes of at least 4 members (excludes halogenated alkanes) is 5. The predicted octanol–water partition coefficient (Wildman–Crippen LogP) is 8.67. The third-order valence-corrected chi connectivity index (χ3v) is 6.79. The molecule has 0 saturated carbocycles. The Kier molecular flexibility index (Phi) is 13.9. The predicted molar refractivity (Wildman–Crippen MR) is 163 cm³/mol. The molecule has 0 aliphatic heterocycles. The van der Waals surface area contributed by atoms with Crippen LogP contribution in [-0.4, -0.2) is 37.9 Å². The first-order chi connectivity index (χ1) is 20.0. The lowest BCUT2D eigenvalue weighted by Crippen LogP contribution is -2.16. The molecule has 3 aromatic rings. The number of carbonyl (C=O) groups is 2. The summed E-state index contributed by atoms with van der Waals surface area (Å²) in [7, 11) is 0. The highest BCUT2D eigenvalue weighted by atomic mass is 16.5. The fraction of sp³-hybridized carbons (Fsp3) is 0.429. The van der Waals surface area contributed by atoms with Crippen molar-refractivity contribution < 1.29 is 28.5 Å². The van der Waals surface area contributed by atoms with E-state index in [1.807, 2.05) is 50.2 Å². The number of benzene rings is 3. The van der Waals surface area contributed by atoms with Crippen LogP contribution in [0.15, 0.2) is 72.8 Å². The van der Waals surface area contributed by atoms with E-state index in [1.54, 1.807) is 36.4 Å². The quantitative estimate of drug-likeness (QED) is 0.0880. The van der Waals surface area contributed by atoms with E-state index >= 15 is 0 Å². The Bertz CT molecular complexity index is 1170. The summed E-state index contributed by atoms with van der Waals surface area (Å²) in [6, 6.07) is 21.7. The first-order valence-electron chi connectivity index (χ1n) is 14.9. The third kappa shape index (κ3) is 11.4. The molecule has 0 aliphatic carbocycles. The van der Waals surface area contributed by atoms with Gasteiger partial charge in [-0.15, -0.1) is 0 Å². The molecule has 220 valence electrons. The number of carbonyl (C=O) groups excluding carboxylic acids is 2. The molecule has 0 N–H and O–H groups in total. The molecule has 0 heterocycles. The van der Waals surface area contributed by atoms with E-state index in [0.29, 0.717) is 30.1 Å². The van der Waals surface area contributed by atoms with Crippen LogP contribution in [0.4, 0.5) is 0 Å². The van der Waals surface area contributed by atoms with Gasteiger partial charge in [0, 0.05) is 13.2 Å². The van der Waals surface area contributed by atoms with Crippen molar-refractivity contribution in [1.29, 1.82) is 0 Å². The summed E-state index contributed by atoms with van der Waals surface area (Å²) in [6.07, 6.45) is 8.82. The van der Waals surface area contributed by atoms with Gasteiger partial charge < -0.3 is 18.9 Å². The zero-order valence-corrected chi connectivity index (χ0v) is 24.7. The Morgan fingerprint density at radius 2 is 1.20 bits per heavy atom. The van der Waals surface area contributed by atoms with E-state index in [4.69, 9.17) is 18.9 Å². The highest BCUT2D eigenvalue weighted by Crippen LogP contribution is 2.24. The van der Waals surface area contributed by atoms with Crippen molar-refractivity contribution in [3.8, 4) is 22.6 Å². The first-order valence-corrected chi connectivity index (χ1v) is 14.9. The van der Waals surface area contributed by atoms with Crippen LogP contribution >= 0.6 is 0 Å². The van der Waals surface area contributed by atoms with Gasteiger partial charge in [-0.05, 0) is 92.8 Å². The van der Waals surface area contributed by atoms with Gasteiger partial charge in [-0.25, -0.2) is 9.59 Å². The number of ether oxygens (including phenoxy) is 4. The lowest BCUT2D eigenvalue weighted by atomic mass is 10.0. The molecule has 3 rings (SSSR count). The van der Waals surface area contributed by atoms with Crippen LogP contribution in [0.5, 0.6) is 11.5 Å². The Labute approximate surface area is 245 Å². The van der Waals surface area contributed by atoms with E-state index < -0.39 is 11.9 Å². The second kappa shape index (κ2) is 17.9. The Hall–Kier alpha value is -3.64. The molecule has 0 amide bonds. The van der Waals surface area contributed by atoms with E-state index in [0.717, 1.165) is 42.7 Å². The molecule has 0 aromatic heterocycles. The SMILES string of the molecule is CCCCCCCCOc1ccc(-c2ccc(C(=O)Oc3ccc(C(=O)OC(C)CCCOCC)cc3)cc2)cc1. The minimum Gasteiger partial charge on any atom is -0.494 e. The molecular weight excluding hydrogens is 516 g/mol. The standard InChI is InChI=1S/C35H44O6/c1-4-6-7-8-9-10-26-39-32-21-17-29(18-22-32)28-13-15-30(16-14-28)35(37)41-33-23-19-31(20-24-33)34(36)40-27(3)12-11-25-38-5-2/h13-24,27H,4-12,25-26H2,1-3H3. The van der Waals surface area contributed by atoms with Crippen molar-refractivity contribution in [2.75, 3.05) is 19.8 Å². The maximum atomic E-state index is 12.7. The minimum absolute atomic E-state index is 0.204. The number of esters is 2. The second-order valence-corrected chi connectivity index (χ2v) is 10.2. The van der Waals surface area contributed by atoms with E-state index in [2.05, 4.69) is 6.92 Å². The number of hydrogen-bond donors (Lipinski definition) is 0. The molecule has 0 aliphatic rings. The summed E-state index contributed by atoms with van der Waals surface area (Å²) in [5.41, 5.74) is 2.89. The highest BCUT2D eigenvalue weighted by Gasteiger charge is 2.14. The molecule has 1 atom stereocenters. The van der Waals surface area contributed by atoms with E-state index in [9.17, 15) is 9.59 Å². The van der Waals surface area contributed by atoms with Gasteiger partial charge in [0.15, 0.2) is 0 Å². The Morgan fingerprint density at radius 3 is 1.85 bits per heavy atom. The van der Waals surface area contributed by atoms with Crippen LogP contribution in [0.1, 0.15) is 92.9 Å². The summed E-state index contributed by atoms with van der Waals surface area (Å²) in [5, 5.41) is 0. The average Bonchev–Trinajstić information content (AvgIpc) is 2.99. The van der Waals surface area contributed by atoms with Gasteiger partial charge in [-0.1, -0.05) is 63.3 Å². The van der Waals surface area contributed by atoms with Gasteiger partial charge in [0.2, 0.25) is 0 Å². The van der Waals surface area contributed by atoms with Gasteiger partial charge >= 0.3 is 11.9 Å². The van der Waals surface area contributed by atoms with Crippen molar-refractivity contribution in [3.63, 3.8) is 0 Å². The fourth-order valence-corrected chi connectivity index (χ4v) is 4.37. The summed E-state index contributed by atoms with van der Waals surface area (Å²) in [6.45, 7) is 8.13. The molecule has 1 unspecified atom stereocenters. The van der Waals surface area contributed by atoms with Crippen LogP contribution < -0.4 is 9.47 Å². The van der Waals surface area contributed by atoms with Crippen molar-refractivity contribution in [2.45, 2.75) is 78.2 Å². The minimum atomic E-state index is -0.465. The second-order valence-electron chi connectivity index (χ2n) is 10.2. The molecule has 0 radical (unpaired) electrons. The van der Waals surface area contributed by atoms with Gasteiger partial charge in [-0.3, -0.25) is 0 Å². The summed E-state index contributed by atoms with van der Waals surface area (Å²) in [5.74, 6) is 0.360. The monoisotopic (exact) mass is 560 g/mol. The summed E-state index contributed by atoms with van der Waals surface area (Å²) < 4.78 is 22.2. The normalized spacial score (nSPS) is 11.6. The largest absolute Gasteiger partial charge is 0.494 e. The van der Waals surface area contributed by atoms with Crippen molar-refractivity contribution in [3.05, 3.63) is 83.9 Å². The highest BCUT2D eigenvalue weighted by molar-refractivity contribution is 5.92. The lowest BCUT2D eigenvalue weighted by molar-refractivity contribution is 0.0297. The van der Waals surface area contributed by atoms with Crippen LogP contribution in [-0.2, 0) is 9.47 Å². The maximum Gasteiger partial charge on any atom is 0.343 e. The molecule has 0 fully saturated rings. The molecule has 6 heteroatoms. The van der Waals surface area contributed by atoms with Crippen LogP contribution in [0, 0.1) is 0 Å². The molecule has 6 nitrogen and oxygen atoms in total. The summed E-state index contributed by atoms with van der Waals surface area (Å²) >= 11 is 0. The zero-order valence-electron chi connectivity index (χ0n) is 24.7. The zero-order chi connectivity index (χ0) is 29.3. The number of rotatable bonds is 18. The topological polar surface area (TPSA) is 71.1 Å². The van der Waals surface area contributed by atoms with Crippen LogP contribution in [0.2, 0.25) is 0 Å². The lowest BCUT2D eigenvalue weighted by Gasteiger charge is -2.13.